The number of nitrogens with zero attached hydrogens (tertiary/aromatic N) is 2. The minimum Gasteiger partial charge on any atom is -0.327 e. The van der Waals surface area contributed by atoms with Gasteiger partial charge >= 0.3 is 0 Å². The summed E-state index contributed by atoms with van der Waals surface area (Å²) < 4.78 is 0. The predicted octanol–water partition coefficient (Wildman–Crippen LogP) is 8.39. The Balaban J connectivity index is 1.38. The molecule has 0 spiro atoms. The van der Waals surface area contributed by atoms with Crippen molar-refractivity contribution < 1.29 is 0 Å². The summed E-state index contributed by atoms with van der Waals surface area (Å²) in [5.41, 5.74) is 9.54. The van der Waals surface area contributed by atoms with E-state index in [1.165, 1.54) is 33.5 Å². The fourth-order valence-corrected chi connectivity index (χ4v) is 6.41. The summed E-state index contributed by atoms with van der Waals surface area (Å²) in [7, 11) is 0. The third-order valence-electron chi connectivity index (χ3n) is 6.86. The molecule has 0 saturated carbocycles. The van der Waals surface area contributed by atoms with Crippen molar-refractivity contribution in [3.05, 3.63) is 126 Å². The second-order valence-electron chi connectivity index (χ2n) is 8.80. The Kier molecular flexibility index (Phi) is 4.56. The molecule has 0 saturated heterocycles. The molecular weight excluding hydrogens is 432 g/mol. The third-order valence-corrected chi connectivity index (χ3v) is 7.96. The van der Waals surface area contributed by atoms with Gasteiger partial charge in [0.1, 0.15) is 0 Å². The Labute approximate surface area is 203 Å². The lowest BCUT2D eigenvalue weighted by molar-refractivity contribution is 0.849. The first-order chi connectivity index (χ1) is 16.9. The van der Waals surface area contributed by atoms with E-state index in [1.807, 2.05) is 11.8 Å². The Morgan fingerprint density at radius 3 is 2.24 bits per heavy atom. The first kappa shape index (κ1) is 19.6. The molecule has 2 atom stereocenters. The number of anilines is 2. The number of thioether (sulfide) groups is 1. The van der Waals surface area contributed by atoms with Crippen LogP contribution in [0.3, 0.4) is 0 Å². The monoisotopic (exact) mass is 454 g/mol. The van der Waals surface area contributed by atoms with Crippen molar-refractivity contribution in [3.8, 4) is 22.4 Å². The Morgan fingerprint density at radius 2 is 1.35 bits per heavy atom. The maximum Gasteiger partial charge on any atom is 0.0943 e. The summed E-state index contributed by atoms with van der Waals surface area (Å²) in [5.74, 6) is 0.418. The van der Waals surface area contributed by atoms with Gasteiger partial charge in [-0.2, -0.15) is 0 Å². The van der Waals surface area contributed by atoms with E-state index >= 15 is 0 Å². The first-order valence-electron chi connectivity index (χ1n) is 11.6. The molecule has 2 aliphatic rings. The minimum absolute atomic E-state index is 0.344. The van der Waals surface area contributed by atoms with Crippen LogP contribution in [0.25, 0.3) is 33.3 Å². The molecule has 1 aromatic heterocycles. The average molecular weight is 455 g/mol. The molecule has 3 heterocycles. The molecule has 0 bridgehead atoms. The summed E-state index contributed by atoms with van der Waals surface area (Å²) >= 11 is 1.91. The molecule has 0 aliphatic carbocycles. The molecule has 5 aromatic rings. The average Bonchev–Trinajstić information content (AvgIpc) is 3.50. The van der Waals surface area contributed by atoms with Crippen molar-refractivity contribution in [2.45, 2.75) is 11.3 Å². The minimum atomic E-state index is 0.344. The molecule has 0 amide bonds. The lowest BCUT2D eigenvalue weighted by Crippen LogP contribution is -2.24. The molecule has 2 nitrogen and oxygen atoms in total. The van der Waals surface area contributed by atoms with Gasteiger partial charge in [-0.3, -0.25) is 0 Å². The standard InChI is InChI=1S/C31H22N2S/c1-2-8-21(9-3-1)22-14-16-23(17-15-22)28-20-30(26-11-4-6-12-27(26)32-28)33-29-13-7-5-10-24(29)25-18-19-34-31(25)33/h1-20,25,31H. The van der Waals surface area contributed by atoms with Crippen molar-refractivity contribution >= 4 is 34.0 Å². The topological polar surface area (TPSA) is 16.1 Å². The normalized spacial score (nSPS) is 18.3. The van der Waals surface area contributed by atoms with E-state index in [4.69, 9.17) is 4.98 Å². The maximum absolute atomic E-state index is 5.07. The lowest BCUT2D eigenvalue weighted by Gasteiger charge is -2.28. The largest absolute Gasteiger partial charge is 0.327 e. The number of pyridine rings is 1. The predicted molar refractivity (Wildman–Crippen MR) is 144 cm³/mol. The zero-order chi connectivity index (χ0) is 22.5. The second kappa shape index (κ2) is 7.89. The van der Waals surface area contributed by atoms with Gasteiger partial charge in [0.15, 0.2) is 0 Å². The highest BCUT2D eigenvalue weighted by Gasteiger charge is 2.40. The van der Waals surface area contributed by atoms with Crippen LogP contribution in [-0.2, 0) is 0 Å². The molecule has 0 N–H and O–H groups in total. The van der Waals surface area contributed by atoms with Crippen LogP contribution in [0.4, 0.5) is 11.4 Å². The van der Waals surface area contributed by atoms with Crippen LogP contribution in [0.15, 0.2) is 121 Å². The van der Waals surface area contributed by atoms with E-state index < -0.39 is 0 Å². The fourth-order valence-electron chi connectivity index (χ4n) is 5.23. The quantitative estimate of drug-likeness (QED) is 0.272. The van der Waals surface area contributed by atoms with Gasteiger partial charge in [-0.25, -0.2) is 4.98 Å². The van der Waals surface area contributed by atoms with Crippen molar-refractivity contribution in [1.82, 2.24) is 4.98 Å². The van der Waals surface area contributed by atoms with E-state index in [0.717, 1.165) is 16.8 Å². The van der Waals surface area contributed by atoms with Crippen LogP contribution in [0.5, 0.6) is 0 Å². The number of hydrogen-bond donors (Lipinski definition) is 0. The molecule has 4 aromatic carbocycles. The molecule has 2 aliphatic heterocycles. The van der Waals surface area contributed by atoms with Gasteiger partial charge in [0.25, 0.3) is 0 Å². The summed E-state index contributed by atoms with van der Waals surface area (Å²) in [6, 6.07) is 38.9. The number of rotatable bonds is 3. The Morgan fingerprint density at radius 1 is 0.647 bits per heavy atom. The van der Waals surface area contributed by atoms with Crippen LogP contribution in [-0.4, -0.2) is 10.4 Å². The highest BCUT2D eigenvalue weighted by atomic mass is 32.2. The van der Waals surface area contributed by atoms with Crippen LogP contribution in [0, 0.1) is 0 Å². The molecule has 3 heteroatoms. The van der Waals surface area contributed by atoms with Crippen LogP contribution in [0.2, 0.25) is 0 Å². The van der Waals surface area contributed by atoms with Gasteiger partial charge in [-0.05, 0) is 40.3 Å². The summed E-state index contributed by atoms with van der Waals surface area (Å²) in [5, 5.41) is 3.79. The Bertz CT molecular complexity index is 1540. The van der Waals surface area contributed by atoms with Gasteiger partial charge in [-0.15, -0.1) is 11.8 Å². The molecule has 0 fully saturated rings. The molecular formula is C31H22N2S. The SMILES string of the molecule is C1=CC2c3ccccc3N(c3cc(-c4ccc(-c5ccccc5)cc4)nc4ccccc34)C2S1. The van der Waals surface area contributed by atoms with Crippen molar-refractivity contribution in [2.24, 2.45) is 0 Å². The van der Waals surface area contributed by atoms with Crippen molar-refractivity contribution in [1.29, 1.82) is 0 Å². The summed E-state index contributed by atoms with van der Waals surface area (Å²) in [6.45, 7) is 0. The van der Waals surface area contributed by atoms with E-state index in [0.29, 0.717) is 11.3 Å². The van der Waals surface area contributed by atoms with Gasteiger partial charge in [0.2, 0.25) is 0 Å². The van der Waals surface area contributed by atoms with E-state index in [-0.39, 0.29) is 0 Å². The molecule has 2 unspecified atom stereocenters. The van der Waals surface area contributed by atoms with E-state index in [1.54, 1.807) is 0 Å². The fraction of sp³-hybridized carbons (Fsp3) is 0.0645. The summed E-state index contributed by atoms with van der Waals surface area (Å²) in [6.07, 6.45) is 2.35. The number of benzene rings is 4. The van der Waals surface area contributed by atoms with Crippen molar-refractivity contribution in [3.63, 3.8) is 0 Å². The van der Waals surface area contributed by atoms with E-state index in [2.05, 4.69) is 126 Å². The number of hydrogen-bond acceptors (Lipinski definition) is 3. The van der Waals surface area contributed by atoms with Crippen molar-refractivity contribution in [2.75, 3.05) is 4.90 Å². The van der Waals surface area contributed by atoms with Gasteiger partial charge in [-0.1, -0.05) is 97.1 Å². The maximum atomic E-state index is 5.07. The van der Waals surface area contributed by atoms with E-state index in [9.17, 15) is 0 Å². The number of fused-ring (bicyclic) bond motifs is 4. The molecule has 162 valence electrons. The summed E-state index contributed by atoms with van der Waals surface area (Å²) in [4.78, 5) is 7.60. The Hall–Kier alpha value is -3.82. The van der Waals surface area contributed by atoms with Gasteiger partial charge < -0.3 is 4.90 Å². The molecule has 0 radical (unpaired) electrons. The highest BCUT2D eigenvalue weighted by Crippen LogP contribution is 2.54. The molecule has 34 heavy (non-hydrogen) atoms. The smallest absolute Gasteiger partial charge is 0.0943 e. The first-order valence-corrected chi connectivity index (χ1v) is 12.6. The lowest BCUT2D eigenvalue weighted by atomic mass is 10.0. The number of aromatic nitrogens is 1. The third kappa shape index (κ3) is 3.08. The zero-order valence-electron chi connectivity index (χ0n) is 18.5. The van der Waals surface area contributed by atoms with Crippen LogP contribution in [0.1, 0.15) is 11.5 Å². The van der Waals surface area contributed by atoms with Gasteiger partial charge in [0.05, 0.1) is 22.3 Å². The zero-order valence-corrected chi connectivity index (χ0v) is 19.3. The number of para-hydroxylation sites is 2. The van der Waals surface area contributed by atoms with Crippen LogP contribution < -0.4 is 4.90 Å². The van der Waals surface area contributed by atoms with Crippen LogP contribution >= 0.6 is 11.8 Å². The highest BCUT2D eigenvalue weighted by molar-refractivity contribution is 8.03. The second-order valence-corrected chi connectivity index (χ2v) is 9.82. The molecule has 7 rings (SSSR count). The van der Waals surface area contributed by atoms with Gasteiger partial charge in [0, 0.05) is 22.6 Å².